The van der Waals surface area contributed by atoms with E-state index < -0.39 is 7.12 Å². The lowest BCUT2D eigenvalue weighted by molar-refractivity contribution is 0.288. The molecule has 0 aliphatic rings. The van der Waals surface area contributed by atoms with Crippen LogP contribution in [0.2, 0.25) is 6.32 Å². The fraction of sp³-hybridized carbons (Fsp3) is 1.00. The zero-order chi connectivity index (χ0) is 6.41. The summed E-state index contributed by atoms with van der Waals surface area (Å²) >= 11 is 0. The zero-order valence-electron chi connectivity index (χ0n) is 4.45. The van der Waals surface area contributed by atoms with Crippen molar-refractivity contribution in [1.82, 2.24) is 0 Å². The molecule has 0 saturated carbocycles. The van der Waals surface area contributed by atoms with Gasteiger partial charge in [-0.3, -0.25) is 0 Å². The minimum Gasteiger partial charge on any atom is -0.430 e. The molecule has 0 aliphatic carbocycles. The molecule has 0 aromatic heterocycles. The normalized spacial score (nSPS) is 8.88. The third-order valence-corrected chi connectivity index (χ3v) is 0.612. The molecule has 0 atom stereocenters. The standard InChI is InChI=1S/C2H8B2O4/c5-3-8-2-1-4(6)7/h3,5-7H,1-2H2. The first-order valence-electron chi connectivity index (χ1n) is 2.32. The Bertz CT molecular complexity index is 49.3. The molecule has 0 spiro atoms. The third kappa shape index (κ3) is 5.97. The molecule has 0 fully saturated rings. The van der Waals surface area contributed by atoms with Crippen LogP contribution >= 0.6 is 0 Å². The maximum absolute atomic E-state index is 8.17. The molecule has 0 amide bonds. The molecule has 0 rings (SSSR count). The maximum atomic E-state index is 8.17. The van der Waals surface area contributed by atoms with Crippen molar-refractivity contribution >= 4 is 14.8 Å². The Balaban J connectivity index is 2.72. The molecule has 0 heterocycles. The van der Waals surface area contributed by atoms with Crippen LogP contribution in [-0.4, -0.2) is 36.5 Å². The van der Waals surface area contributed by atoms with E-state index >= 15 is 0 Å². The third-order valence-electron chi connectivity index (χ3n) is 0.612. The molecule has 0 radical (unpaired) electrons. The van der Waals surface area contributed by atoms with Crippen molar-refractivity contribution in [3.05, 3.63) is 0 Å². The van der Waals surface area contributed by atoms with Gasteiger partial charge in [-0.05, 0) is 0 Å². The molecule has 0 bridgehead atoms. The van der Waals surface area contributed by atoms with Gasteiger partial charge in [0.05, 0.1) is 0 Å². The Kier molecular flexibility index (Phi) is 5.09. The van der Waals surface area contributed by atoms with Gasteiger partial charge in [-0.25, -0.2) is 0 Å². The van der Waals surface area contributed by atoms with Crippen LogP contribution in [0.25, 0.3) is 0 Å². The number of rotatable bonds is 4. The smallest absolute Gasteiger partial charge is 0.430 e. The van der Waals surface area contributed by atoms with E-state index in [0.717, 1.165) is 0 Å². The molecule has 0 aromatic rings. The fourth-order valence-corrected chi connectivity index (χ4v) is 0.253. The highest BCUT2D eigenvalue weighted by Gasteiger charge is 2.04. The van der Waals surface area contributed by atoms with E-state index in [4.69, 9.17) is 15.1 Å². The van der Waals surface area contributed by atoms with Crippen LogP contribution in [0.5, 0.6) is 0 Å². The van der Waals surface area contributed by atoms with Crippen molar-refractivity contribution in [1.29, 1.82) is 0 Å². The van der Waals surface area contributed by atoms with Gasteiger partial charge in [-0.15, -0.1) is 0 Å². The van der Waals surface area contributed by atoms with Crippen LogP contribution in [0.1, 0.15) is 0 Å². The lowest BCUT2D eigenvalue weighted by Crippen LogP contribution is -2.14. The van der Waals surface area contributed by atoms with Gasteiger partial charge >= 0.3 is 14.8 Å². The lowest BCUT2D eigenvalue weighted by atomic mass is 9.87. The van der Waals surface area contributed by atoms with Gasteiger partial charge in [0.25, 0.3) is 0 Å². The molecular weight excluding hydrogens is 110 g/mol. The molecular formula is C2H8B2O4. The minimum atomic E-state index is -1.33. The van der Waals surface area contributed by atoms with Crippen molar-refractivity contribution in [2.24, 2.45) is 0 Å². The summed E-state index contributed by atoms with van der Waals surface area (Å²) < 4.78 is 4.38. The van der Waals surface area contributed by atoms with Gasteiger partial charge < -0.3 is 19.7 Å². The van der Waals surface area contributed by atoms with Crippen LogP contribution in [-0.2, 0) is 4.65 Å². The van der Waals surface area contributed by atoms with Gasteiger partial charge in [0.15, 0.2) is 0 Å². The maximum Gasteiger partial charge on any atom is 0.453 e. The quantitative estimate of drug-likeness (QED) is 0.287. The summed E-state index contributed by atoms with van der Waals surface area (Å²) in [7, 11) is -1.70. The van der Waals surface area contributed by atoms with Crippen molar-refractivity contribution in [2.75, 3.05) is 6.61 Å². The average Bonchev–Trinajstić information content (AvgIpc) is 1.66. The Morgan fingerprint density at radius 3 is 2.50 bits per heavy atom. The zero-order valence-corrected chi connectivity index (χ0v) is 4.45. The second kappa shape index (κ2) is 5.11. The predicted molar refractivity (Wildman–Crippen MR) is 30.3 cm³/mol. The monoisotopic (exact) mass is 118 g/mol. The highest BCUT2D eigenvalue weighted by molar-refractivity contribution is 6.41. The number of hydrogen-bond acceptors (Lipinski definition) is 4. The molecule has 0 unspecified atom stereocenters. The first-order chi connectivity index (χ1) is 3.77. The van der Waals surface area contributed by atoms with Crippen LogP contribution in [0.3, 0.4) is 0 Å². The van der Waals surface area contributed by atoms with E-state index in [1.54, 1.807) is 0 Å². The summed E-state index contributed by atoms with van der Waals surface area (Å²) in [6.07, 6.45) is 0.139. The average molecular weight is 118 g/mol. The van der Waals surface area contributed by atoms with Crippen LogP contribution in [0, 0.1) is 0 Å². The Morgan fingerprint density at radius 2 is 2.12 bits per heavy atom. The summed E-state index contributed by atoms with van der Waals surface area (Å²) in [4.78, 5) is 0. The first kappa shape index (κ1) is 7.97. The van der Waals surface area contributed by atoms with E-state index in [0.29, 0.717) is 0 Å². The van der Waals surface area contributed by atoms with Gasteiger partial charge in [0.1, 0.15) is 0 Å². The van der Waals surface area contributed by atoms with Gasteiger partial charge in [-0.2, -0.15) is 0 Å². The van der Waals surface area contributed by atoms with Crippen molar-refractivity contribution in [3.8, 4) is 0 Å². The lowest BCUT2D eigenvalue weighted by Gasteiger charge is -1.96. The fourth-order valence-electron chi connectivity index (χ4n) is 0.253. The summed E-state index contributed by atoms with van der Waals surface area (Å²) in [6, 6.07) is 0. The summed E-state index contributed by atoms with van der Waals surface area (Å²) in [6.45, 7) is 0.175. The van der Waals surface area contributed by atoms with E-state index in [1.807, 2.05) is 0 Å². The van der Waals surface area contributed by atoms with E-state index in [-0.39, 0.29) is 20.6 Å². The molecule has 46 valence electrons. The molecule has 4 nitrogen and oxygen atoms in total. The molecule has 6 heteroatoms. The highest BCUT2D eigenvalue weighted by atomic mass is 16.5. The van der Waals surface area contributed by atoms with Crippen molar-refractivity contribution in [3.63, 3.8) is 0 Å². The predicted octanol–water partition coefficient (Wildman–Crippen LogP) is -2.27. The molecule has 0 saturated heterocycles. The second-order valence-corrected chi connectivity index (χ2v) is 1.31. The highest BCUT2D eigenvalue weighted by Crippen LogP contribution is 1.82. The Morgan fingerprint density at radius 1 is 1.50 bits per heavy atom. The van der Waals surface area contributed by atoms with Gasteiger partial charge in [0.2, 0.25) is 0 Å². The van der Waals surface area contributed by atoms with E-state index in [1.165, 1.54) is 0 Å². The van der Waals surface area contributed by atoms with Gasteiger partial charge in [0, 0.05) is 12.9 Å². The van der Waals surface area contributed by atoms with Gasteiger partial charge in [-0.1, -0.05) is 0 Å². The Hall–Kier alpha value is -0.0301. The molecule has 0 aromatic carbocycles. The second-order valence-electron chi connectivity index (χ2n) is 1.31. The molecule has 3 N–H and O–H groups in total. The van der Waals surface area contributed by atoms with Crippen LogP contribution < -0.4 is 0 Å². The molecule has 8 heavy (non-hydrogen) atoms. The minimum absolute atomic E-state index is 0.139. The van der Waals surface area contributed by atoms with Crippen LogP contribution in [0.4, 0.5) is 0 Å². The summed E-state index contributed by atoms with van der Waals surface area (Å²) in [5.74, 6) is 0. The Labute approximate surface area is 48.6 Å². The van der Waals surface area contributed by atoms with Crippen molar-refractivity contribution < 1.29 is 19.7 Å². The largest absolute Gasteiger partial charge is 0.453 e. The summed E-state index contributed by atoms with van der Waals surface area (Å²) in [5, 5.41) is 24.3. The summed E-state index contributed by atoms with van der Waals surface area (Å²) in [5.41, 5.74) is 0. The molecule has 0 aliphatic heterocycles. The SMILES string of the molecule is OBOCCB(O)O. The topological polar surface area (TPSA) is 69.9 Å². The van der Waals surface area contributed by atoms with E-state index in [9.17, 15) is 0 Å². The van der Waals surface area contributed by atoms with Crippen LogP contribution in [0.15, 0.2) is 0 Å². The number of hydrogen-bond donors (Lipinski definition) is 3. The van der Waals surface area contributed by atoms with E-state index in [2.05, 4.69) is 4.65 Å². The first-order valence-corrected chi connectivity index (χ1v) is 2.32. The van der Waals surface area contributed by atoms with Crippen molar-refractivity contribution in [2.45, 2.75) is 6.32 Å².